The lowest BCUT2D eigenvalue weighted by atomic mass is 9.51. The largest absolute Gasteiger partial charge is 0.393 e. The number of hydrogen-bond donors (Lipinski definition) is 1. The third kappa shape index (κ3) is 1.41. The van der Waals surface area contributed by atoms with Gasteiger partial charge in [-0.15, -0.1) is 0 Å². The van der Waals surface area contributed by atoms with Gasteiger partial charge in [0.2, 0.25) is 0 Å². The van der Waals surface area contributed by atoms with E-state index in [0.717, 1.165) is 6.42 Å². The molecule has 2 aliphatic rings. The zero-order chi connectivity index (χ0) is 10.4. The van der Waals surface area contributed by atoms with E-state index in [1.807, 2.05) is 0 Å². The van der Waals surface area contributed by atoms with Gasteiger partial charge in [-0.05, 0) is 55.3 Å². The van der Waals surface area contributed by atoms with Crippen LogP contribution in [0.2, 0.25) is 0 Å². The first-order valence-corrected chi connectivity index (χ1v) is 5.96. The minimum Gasteiger partial charge on any atom is -0.393 e. The Kier molecular flexibility index (Phi) is 2.42. The van der Waals surface area contributed by atoms with E-state index in [0.29, 0.717) is 11.3 Å². The van der Waals surface area contributed by atoms with Gasteiger partial charge in [0.1, 0.15) is 0 Å². The molecule has 0 aromatic rings. The molecule has 2 saturated carbocycles. The van der Waals surface area contributed by atoms with Gasteiger partial charge in [-0.2, -0.15) is 0 Å². The first-order valence-electron chi connectivity index (χ1n) is 5.96. The lowest BCUT2D eigenvalue weighted by molar-refractivity contribution is -0.105. The second-order valence-electron chi connectivity index (χ2n) is 6.15. The molecule has 1 N–H and O–H groups in total. The quantitative estimate of drug-likeness (QED) is 0.629. The van der Waals surface area contributed by atoms with Gasteiger partial charge in [0.15, 0.2) is 0 Å². The van der Waals surface area contributed by atoms with E-state index < -0.39 is 0 Å². The molecule has 0 aliphatic heterocycles. The van der Waals surface area contributed by atoms with Crippen LogP contribution in [0.25, 0.3) is 0 Å². The van der Waals surface area contributed by atoms with Crippen molar-refractivity contribution in [2.24, 2.45) is 16.7 Å². The molecule has 81 valence electrons. The molecule has 1 heteroatoms. The smallest absolute Gasteiger partial charge is 0.0594 e. The Morgan fingerprint density at radius 1 is 1.21 bits per heavy atom. The van der Waals surface area contributed by atoms with Crippen molar-refractivity contribution in [1.29, 1.82) is 0 Å². The van der Waals surface area contributed by atoms with Crippen molar-refractivity contribution in [3.8, 4) is 0 Å². The summed E-state index contributed by atoms with van der Waals surface area (Å²) >= 11 is 0. The van der Waals surface area contributed by atoms with Gasteiger partial charge in [-0.1, -0.05) is 20.8 Å². The van der Waals surface area contributed by atoms with Gasteiger partial charge in [0.25, 0.3) is 0 Å². The highest BCUT2D eigenvalue weighted by atomic mass is 16.3. The maximum absolute atomic E-state index is 10.1. The van der Waals surface area contributed by atoms with Crippen molar-refractivity contribution in [2.45, 2.75) is 59.0 Å². The zero-order valence-electron chi connectivity index (χ0n) is 9.71. The summed E-state index contributed by atoms with van der Waals surface area (Å²) in [5, 5.41) is 10.1. The fourth-order valence-corrected chi connectivity index (χ4v) is 3.82. The summed E-state index contributed by atoms with van der Waals surface area (Å²) in [7, 11) is 0. The van der Waals surface area contributed by atoms with Crippen molar-refractivity contribution < 1.29 is 5.11 Å². The molecule has 3 atom stereocenters. The minimum atomic E-state index is -0.0846. The average Bonchev–Trinajstić information content (AvgIpc) is 2.13. The molecular formula is C13H23O. The van der Waals surface area contributed by atoms with Crippen molar-refractivity contribution in [3.63, 3.8) is 0 Å². The van der Waals surface area contributed by atoms with Crippen LogP contribution in [0, 0.1) is 23.2 Å². The highest BCUT2D eigenvalue weighted by Crippen LogP contribution is 2.57. The van der Waals surface area contributed by atoms with Gasteiger partial charge in [-0.3, -0.25) is 0 Å². The van der Waals surface area contributed by atoms with Crippen molar-refractivity contribution in [3.05, 3.63) is 6.42 Å². The predicted molar refractivity (Wildman–Crippen MR) is 58.8 cm³/mol. The Morgan fingerprint density at radius 3 is 2.64 bits per heavy atom. The van der Waals surface area contributed by atoms with Crippen molar-refractivity contribution in [1.82, 2.24) is 0 Å². The van der Waals surface area contributed by atoms with Crippen LogP contribution < -0.4 is 0 Å². The van der Waals surface area contributed by atoms with Gasteiger partial charge >= 0.3 is 0 Å². The Bertz CT molecular complexity index is 217. The van der Waals surface area contributed by atoms with E-state index in [9.17, 15) is 5.11 Å². The highest BCUT2D eigenvalue weighted by Gasteiger charge is 2.51. The minimum absolute atomic E-state index is 0.0846. The molecule has 0 aromatic carbocycles. The predicted octanol–water partition coefficient (Wildman–Crippen LogP) is 3.18. The molecule has 0 aromatic heterocycles. The lowest BCUT2D eigenvalue weighted by Crippen LogP contribution is -2.51. The van der Waals surface area contributed by atoms with Crippen molar-refractivity contribution >= 4 is 0 Å². The summed E-state index contributed by atoms with van der Waals surface area (Å²) in [5.41, 5.74) is 0.599. The van der Waals surface area contributed by atoms with E-state index >= 15 is 0 Å². The van der Waals surface area contributed by atoms with E-state index in [-0.39, 0.29) is 11.5 Å². The maximum atomic E-state index is 10.1. The van der Waals surface area contributed by atoms with E-state index in [4.69, 9.17) is 0 Å². The standard InChI is InChI=1S/C13H23O/c1-12(2)10-6-4-5-8-13(10,3)9-7-11(12)14/h5,10-11,14H,4,6-9H2,1-3H3. The Balaban J connectivity index is 2.26. The van der Waals surface area contributed by atoms with Crippen LogP contribution in [0.15, 0.2) is 0 Å². The second kappa shape index (κ2) is 3.23. The first-order chi connectivity index (χ1) is 6.47. The lowest BCUT2D eigenvalue weighted by Gasteiger charge is -2.55. The van der Waals surface area contributed by atoms with E-state index in [1.54, 1.807) is 0 Å². The number of rotatable bonds is 0. The zero-order valence-corrected chi connectivity index (χ0v) is 9.71. The Hall–Kier alpha value is -0.0400. The third-order valence-electron chi connectivity index (χ3n) is 4.86. The van der Waals surface area contributed by atoms with E-state index in [1.165, 1.54) is 25.7 Å². The summed E-state index contributed by atoms with van der Waals surface area (Å²) in [6.45, 7) is 6.93. The fraction of sp³-hybridized carbons (Fsp3) is 0.923. The second-order valence-corrected chi connectivity index (χ2v) is 6.15. The number of aliphatic hydroxyl groups is 1. The van der Waals surface area contributed by atoms with Gasteiger partial charge in [-0.25, -0.2) is 0 Å². The van der Waals surface area contributed by atoms with Crippen LogP contribution in [-0.4, -0.2) is 11.2 Å². The van der Waals surface area contributed by atoms with Crippen LogP contribution in [0.5, 0.6) is 0 Å². The SMILES string of the molecule is CC12C[CH]CCC1C(C)(C)C(O)CC2. The van der Waals surface area contributed by atoms with Crippen LogP contribution >= 0.6 is 0 Å². The highest BCUT2D eigenvalue weighted by molar-refractivity contribution is 5.04. The molecule has 1 nitrogen and oxygen atoms in total. The van der Waals surface area contributed by atoms with Gasteiger partial charge < -0.3 is 5.11 Å². The third-order valence-corrected chi connectivity index (χ3v) is 4.86. The fourth-order valence-electron chi connectivity index (χ4n) is 3.82. The molecule has 3 unspecified atom stereocenters. The van der Waals surface area contributed by atoms with E-state index in [2.05, 4.69) is 27.2 Å². The molecule has 1 radical (unpaired) electrons. The van der Waals surface area contributed by atoms with Gasteiger partial charge in [0, 0.05) is 0 Å². The molecule has 2 aliphatic carbocycles. The van der Waals surface area contributed by atoms with Crippen LogP contribution in [-0.2, 0) is 0 Å². The molecule has 2 fully saturated rings. The normalized spacial score (nSPS) is 47.1. The number of fused-ring (bicyclic) bond motifs is 1. The van der Waals surface area contributed by atoms with Crippen LogP contribution in [0.4, 0.5) is 0 Å². The summed E-state index contributed by atoms with van der Waals surface area (Å²) in [6, 6.07) is 0. The maximum Gasteiger partial charge on any atom is 0.0594 e. The van der Waals surface area contributed by atoms with Crippen LogP contribution in [0.1, 0.15) is 52.9 Å². The topological polar surface area (TPSA) is 20.2 Å². The summed E-state index contributed by atoms with van der Waals surface area (Å²) in [4.78, 5) is 0. The molecular weight excluding hydrogens is 172 g/mol. The van der Waals surface area contributed by atoms with Crippen molar-refractivity contribution in [2.75, 3.05) is 0 Å². The number of hydrogen-bond acceptors (Lipinski definition) is 1. The van der Waals surface area contributed by atoms with Gasteiger partial charge in [0.05, 0.1) is 6.10 Å². The molecule has 0 bridgehead atoms. The molecule has 2 rings (SSSR count). The number of aliphatic hydroxyl groups excluding tert-OH is 1. The Morgan fingerprint density at radius 2 is 1.93 bits per heavy atom. The summed E-state index contributed by atoms with van der Waals surface area (Å²) in [5.74, 6) is 0.712. The molecule has 0 heterocycles. The molecule has 14 heavy (non-hydrogen) atoms. The Labute approximate surface area is 87.9 Å². The average molecular weight is 195 g/mol. The van der Waals surface area contributed by atoms with Crippen LogP contribution in [0.3, 0.4) is 0 Å². The molecule has 0 amide bonds. The molecule has 0 spiro atoms. The molecule has 0 saturated heterocycles. The summed E-state index contributed by atoms with van der Waals surface area (Å²) in [6.07, 6.45) is 8.35. The first kappa shape index (κ1) is 10.5. The summed E-state index contributed by atoms with van der Waals surface area (Å²) < 4.78 is 0. The monoisotopic (exact) mass is 195 g/mol.